The Morgan fingerprint density at radius 2 is 1.76 bits per heavy atom. The minimum Gasteiger partial charge on any atom is -0.382 e. The average Bonchev–Trinajstić information content (AvgIpc) is 2.49. The zero-order chi connectivity index (χ0) is 12.9. The summed E-state index contributed by atoms with van der Waals surface area (Å²) in [5, 5.41) is 1.30. The summed E-state index contributed by atoms with van der Waals surface area (Å²) in [6, 6.07) is 0. The SMILES string of the molecule is Cc1nc(N)c2c(c1C)c(C(C)C)c(C)n2C. The van der Waals surface area contributed by atoms with Crippen LogP contribution in [-0.2, 0) is 7.05 Å². The summed E-state index contributed by atoms with van der Waals surface area (Å²) >= 11 is 0. The van der Waals surface area contributed by atoms with E-state index in [0.29, 0.717) is 11.7 Å². The van der Waals surface area contributed by atoms with Gasteiger partial charge in [-0.15, -0.1) is 0 Å². The molecule has 3 nitrogen and oxygen atoms in total. The molecule has 0 unspecified atom stereocenters. The van der Waals surface area contributed by atoms with Gasteiger partial charge in [0, 0.05) is 23.8 Å². The van der Waals surface area contributed by atoms with Gasteiger partial charge in [0.2, 0.25) is 0 Å². The molecule has 0 aliphatic carbocycles. The van der Waals surface area contributed by atoms with Crippen molar-refractivity contribution in [1.82, 2.24) is 9.55 Å². The van der Waals surface area contributed by atoms with Gasteiger partial charge in [-0.05, 0) is 37.8 Å². The van der Waals surface area contributed by atoms with E-state index in [1.165, 1.54) is 22.2 Å². The van der Waals surface area contributed by atoms with Crippen molar-refractivity contribution in [1.29, 1.82) is 0 Å². The van der Waals surface area contributed by atoms with Gasteiger partial charge in [0.15, 0.2) is 0 Å². The lowest BCUT2D eigenvalue weighted by molar-refractivity contribution is 0.829. The number of nitrogens with zero attached hydrogens (tertiary/aromatic N) is 2. The Labute approximate surface area is 103 Å². The lowest BCUT2D eigenvalue weighted by Gasteiger charge is -2.09. The molecule has 0 aliphatic rings. The third-order valence-corrected chi connectivity index (χ3v) is 3.76. The fourth-order valence-corrected chi connectivity index (χ4v) is 2.71. The number of anilines is 1. The molecular formula is C14H21N3. The van der Waals surface area contributed by atoms with Crippen molar-refractivity contribution >= 4 is 16.7 Å². The molecule has 0 atom stereocenters. The van der Waals surface area contributed by atoms with Gasteiger partial charge in [0.25, 0.3) is 0 Å². The maximum absolute atomic E-state index is 6.08. The third-order valence-electron chi connectivity index (χ3n) is 3.76. The van der Waals surface area contributed by atoms with E-state index in [0.717, 1.165) is 11.2 Å². The first-order chi connectivity index (χ1) is 7.86. The van der Waals surface area contributed by atoms with Gasteiger partial charge in [-0.3, -0.25) is 0 Å². The average molecular weight is 231 g/mol. The van der Waals surface area contributed by atoms with Crippen LogP contribution in [0.3, 0.4) is 0 Å². The van der Waals surface area contributed by atoms with Crippen LogP contribution in [0.2, 0.25) is 0 Å². The van der Waals surface area contributed by atoms with Crippen molar-refractivity contribution in [2.75, 3.05) is 5.73 Å². The highest BCUT2D eigenvalue weighted by Gasteiger charge is 2.19. The Balaban J connectivity index is 3.06. The Kier molecular flexibility index (Phi) is 2.64. The van der Waals surface area contributed by atoms with Gasteiger partial charge in [0.05, 0.1) is 5.52 Å². The molecule has 2 rings (SSSR count). The van der Waals surface area contributed by atoms with E-state index in [2.05, 4.69) is 44.3 Å². The maximum Gasteiger partial charge on any atom is 0.148 e. The second-order valence-corrected chi connectivity index (χ2v) is 5.14. The summed E-state index contributed by atoms with van der Waals surface area (Å²) in [7, 11) is 2.07. The summed E-state index contributed by atoms with van der Waals surface area (Å²) in [6.07, 6.45) is 0. The molecule has 0 aromatic carbocycles. The Bertz CT molecular complexity index is 592. The van der Waals surface area contributed by atoms with Crippen molar-refractivity contribution in [2.24, 2.45) is 7.05 Å². The predicted octanol–water partition coefficient (Wildman–Crippen LogP) is 3.20. The predicted molar refractivity (Wildman–Crippen MR) is 73.4 cm³/mol. The van der Waals surface area contributed by atoms with Gasteiger partial charge in [-0.1, -0.05) is 13.8 Å². The molecular weight excluding hydrogens is 210 g/mol. The van der Waals surface area contributed by atoms with E-state index in [1.54, 1.807) is 0 Å². The van der Waals surface area contributed by atoms with Gasteiger partial charge in [-0.25, -0.2) is 4.98 Å². The maximum atomic E-state index is 6.08. The van der Waals surface area contributed by atoms with Gasteiger partial charge < -0.3 is 10.3 Å². The minimum absolute atomic E-state index is 0.499. The monoisotopic (exact) mass is 231 g/mol. The number of rotatable bonds is 1. The van der Waals surface area contributed by atoms with Crippen LogP contribution in [0.15, 0.2) is 0 Å². The molecule has 0 saturated heterocycles. The molecule has 3 heteroatoms. The third kappa shape index (κ3) is 1.53. The molecule has 0 radical (unpaired) electrons. The molecule has 0 fully saturated rings. The molecule has 0 amide bonds. The van der Waals surface area contributed by atoms with E-state index in [9.17, 15) is 0 Å². The van der Waals surface area contributed by atoms with E-state index in [4.69, 9.17) is 5.73 Å². The number of fused-ring (bicyclic) bond motifs is 1. The number of hydrogen-bond donors (Lipinski definition) is 1. The van der Waals surface area contributed by atoms with Gasteiger partial charge in [-0.2, -0.15) is 0 Å². The molecule has 0 spiro atoms. The first-order valence-corrected chi connectivity index (χ1v) is 6.07. The number of aryl methyl sites for hydroxylation is 3. The highest BCUT2D eigenvalue weighted by molar-refractivity contribution is 5.95. The summed E-state index contributed by atoms with van der Waals surface area (Å²) in [4.78, 5) is 4.43. The summed E-state index contributed by atoms with van der Waals surface area (Å²) in [6.45, 7) is 10.8. The summed E-state index contributed by atoms with van der Waals surface area (Å²) < 4.78 is 2.17. The van der Waals surface area contributed by atoms with Crippen molar-refractivity contribution in [3.8, 4) is 0 Å². The van der Waals surface area contributed by atoms with Crippen molar-refractivity contribution in [3.05, 3.63) is 22.5 Å². The molecule has 2 heterocycles. The zero-order valence-electron chi connectivity index (χ0n) is 11.5. The van der Waals surface area contributed by atoms with Crippen LogP contribution in [0, 0.1) is 20.8 Å². The minimum atomic E-state index is 0.499. The highest BCUT2D eigenvalue weighted by atomic mass is 15.0. The Morgan fingerprint density at radius 1 is 1.18 bits per heavy atom. The molecule has 17 heavy (non-hydrogen) atoms. The van der Waals surface area contributed by atoms with E-state index < -0.39 is 0 Å². The van der Waals surface area contributed by atoms with Crippen LogP contribution in [0.25, 0.3) is 10.9 Å². The van der Waals surface area contributed by atoms with Gasteiger partial charge in [0.1, 0.15) is 5.82 Å². The fraction of sp³-hybridized carbons (Fsp3) is 0.500. The van der Waals surface area contributed by atoms with Crippen molar-refractivity contribution < 1.29 is 0 Å². The first-order valence-electron chi connectivity index (χ1n) is 6.07. The van der Waals surface area contributed by atoms with Crippen LogP contribution in [0.4, 0.5) is 5.82 Å². The molecule has 0 saturated carbocycles. The van der Waals surface area contributed by atoms with Crippen LogP contribution in [0.1, 0.15) is 42.3 Å². The largest absolute Gasteiger partial charge is 0.382 e. The van der Waals surface area contributed by atoms with Crippen molar-refractivity contribution in [3.63, 3.8) is 0 Å². The summed E-state index contributed by atoms with van der Waals surface area (Å²) in [5.41, 5.74) is 12.1. The highest BCUT2D eigenvalue weighted by Crippen LogP contribution is 2.36. The number of pyridine rings is 1. The molecule has 0 aliphatic heterocycles. The van der Waals surface area contributed by atoms with Crippen LogP contribution in [-0.4, -0.2) is 9.55 Å². The van der Waals surface area contributed by atoms with Crippen molar-refractivity contribution in [2.45, 2.75) is 40.5 Å². The fourth-order valence-electron chi connectivity index (χ4n) is 2.71. The van der Waals surface area contributed by atoms with E-state index >= 15 is 0 Å². The smallest absolute Gasteiger partial charge is 0.148 e. The number of nitrogen functional groups attached to an aromatic ring is 1. The van der Waals surface area contributed by atoms with Gasteiger partial charge >= 0.3 is 0 Å². The Morgan fingerprint density at radius 3 is 2.29 bits per heavy atom. The lowest BCUT2D eigenvalue weighted by Crippen LogP contribution is -2.00. The second-order valence-electron chi connectivity index (χ2n) is 5.14. The molecule has 0 bridgehead atoms. The number of nitrogens with two attached hydrogens (primary N) is 1. The second kappa shape index (κ2) is 3.76. The quantitative estimate of drug-likeness (QED) is 0.819. The van der Waals surface area contributed by atoms with E-state index in [1.807, 2.05) is 6.92 Å². The number of hydrogen-bond acceptors (Lipinski definition) is 2. The van der Waals surface area contributed by atoms with Crippen LogP contribution < -0.4 is 5.73 Å². The van der Waals surface area contributed by atoms with Crippen LogP contribution in [0.5, 0.6) is 0 Å². The standard InChI is InChI=1S/C14H21N3/c1-7(2)11-10(5)17(6)13-12(11)8(3)9(4)16-14(13)15/h7H,1-6H3,(H2,15,16). The van der Waals surface area contributed by atoms with E-state index in [-0.39, 0.29) is 0 Å². The topological polar surface area (TPSA) is 43.8 Å². The molecule has 2 aromatic rings. The molecule has 2 aromatic heterocycles. The Hall–Kier alpha value is -1.51. The lowest BCUT2D eigenvalue weighted by atomic mass is 9.97. The normalized spacial score (nSPS) is 11.7. The summed E-state index contributed by atoms with van der Waals surface area (Å²) in [5.74, 6) is 1.14. The zero-order valence-corrected chi connectivity index (χ0v) is 11.5. The number of aromatic nitrogens is 2. The molecule has 92 valence electrons. The first kappa shape index (κ1) is 12.0. The van der Waals surface area contributed by atoms with Crippen LogP contribution >= 0.6 is 0 Å². The molecule has 2 N–H and O–H groups in total.